The van der Waals surface area contributed by atoms with Gasteiger partial charge in [-0.3, -0.25) is 0 Å². The van der Waals surface area contributed by atoms with Crippen LogP contribution in [-0.4, -0.2) is 0 Å². The molecule has 0 heterocycles. The Hall–Kier alpha value is -2.08. The van der Waals surface area contributed by atoms with Crippen LogP contribution >= 0.6 is 0 Å². The molecule has 112 valence electrons. The Morgan fingerprint density at radius 3 is 1.48 bits per heavy atom. The second-order valence-electron chi connectivity index (χ2n) is 4.52. The van der Waals surface area contributed by atoms with Gasteiger partial charge in [-0.05, 0) is 37.3 Å². The predicted octanol–water partition coefficient (Wildman–Crippen LogP) is 6.68. The van der Waals surface area contributed by atoms with E-state index in [1.807, 2.05) is 66.7 Å². The Bertz CT molecular complexity index is 417. The van der Waals surface area contributed by atoms with E-state index in [-0.39, 0.29) is 7.43 Å². The van der Waals surface area contributed by atoms with Gasteiger partial charge < -0.3 is 0 Å². The van der Waals surface area contributed by atoms with Crippen LogP contribution in [0.25, 0.3) is 0 Å². The molecule has 0 atom stereocenters. The smallest absolute Gasteiger partial charge is 0.0273 e. The van der Waals surface area contributed by atoms with Crippen molar-refractivity contribution >= 4 is 0 Å². The zero-order valence-corrected chi connectivity index (χ0v) is 12.3. The van der Waals surface area contributed by atoms with Gasteiger partial charge >= 0.3 is 0 Å². The first-order valence-corrected chi connectivity index (χ1v) is 7.19. The lowest BCUT2D eigenvalue weighted by Gasteiger charge is -1.95. The fourth-order valence-electron chi connectivity index (χ4n) is 2.09. The van der Waals surface area contributed by atoms with Gasteiger partial charge in [0.25, 0.3) is 0 Å². The van der Waals surface area contributed by atoms with Crippen LogP contribution in [0.15, 0.2) is 96.6 Å². The average molecular weight is 280 g/mol. The van der Waals surface area contributed by atoms with Crippen LogP contribution in [0, 0.1) is 0 Å². The molecular weight excluding hydrogens is 252 g/mol. The minimum atomic E-state index is 0. The van der Waals surface area contributed by atoms with E-state index in [2.05, 4.69) is 25.7 Å². The summed E-state index contributed by atoms with van der Waals surface area (Å²) in [4.78, 5) is 0. The van der Waals surface area contributed by atoms with Gasteiger partial charge in [-0.2, -0.15) is 0 Å². The highest BCUT2D eigenvalue weighted by Gasteiger charge is 2.10. The summed E-state index contributed by atoms with van der Waals surface area (Å²) in [5.41, 5.74) is 3.00. The van der Waals surface area contributed by atoms with E-state index in [4.69, 9.17) is 0 Å². The Morgan fingerprint density at radius 2 is 1.14 bits per heavy atom. The summed E-state index contributed by atoms with van der Waals surface area (Å²) in [6.07, 6.45) is 10.0. The Balaban J connectivity index is 0.000000364. The van der Waals surface area contributed by atoms with Crippen LogP contribution in [0.5, 0.6) is 0 Å². The zero-order chi connectivity index (χ0) is 14.5. The summed E-state index contributed by atoms with van der Waals surface area (Å²) in [6, 6.07) is 20.0. The maximum atomic E-state index is 3.69. The molecule has 0 N–H and O–H groups in total. The molecule has 0 heteroatoms. The number of hydrogen-bond donors (Lipinski definition) is 0. The van der Waals surface area contributed by atoms with Gasteiger partial charge in [0, 0.05) is 0 Å². The van der Waals surface area contributed by atoms with Crippen molar-refractivity contribution in [3.05, 3.63) is 96.6 Å². The third-order valence-electron chi connectivity index (χ3n) is 3.08. The lowest BCUT2D eigenvalue weighted by atomic mass is 10.1. The number of hydrogen-bond acceptors (Lipinski definition) is 0. The summed E-state index contributed by atoms with van der Waals surface area (Å²) in [6.45, 7) is 5.80. The molecule has 0 saturated heterocycles. The first kappa shape index (κ1) is 18.9. The van der Waals surface area contributed by atoms with E-state index in [1.54, 1.807) is 0 Å². The lowest BCUT2D eigenvalue weighted by Crippen LogP contribution is -1.75. The van der Waals surface area contributed by atoms with Crippen LogP contribution in [0.4, 0.5) is 0 Å². The van der Waals surface area contributed by atoms with Crippen LogP contribution in [0.2, 0.25) is 0 Å². The molecule has 0 aliphatic heterocycles. The molecule has 2 rings (SSSR count). The van der Waals surface area contributed by atoms with Crippen molar-refractivity contribution in [2.45, 2.75) is 33.6 Å². The molecule has 1 aliphatic carbocycles. The van der Waals surface area contributed by atoms with Crippen molar-refractivity contribution in [3.8, 4) is 0 Å². The van der Waals surface area contributed by atoms with Gasteiger partial charge in [-0.15, -0.1) is 0 Å². The fraction of sp³-hybridized carbons (Fsp3) is 0.238. The minimum absolute atomic E-state index is 0. The average Bonchev–Trinajstić information content (AvgIpc) is 2.94. The minimum Gasteiger partial charge on any atom is -0.0991 e. The van der Waals surface area contributed by atoms with Gasteiger partial charge in [0.1, 0.15) is 0 Å². The number of allylic oxidation sites excluding steroid dienone is 5. The molecular formula is C21H28. The van der Waals surface area contributed by atoms with E-state index in [9.17, 15) is 0 Å². The monoisotopic (exact) mass is 280 g/mol. The van der Waals surface area contributed by atoms with Gasteiger partial charge in [-0.1, -0.05) is 92.9 Å². The van der Waals surface area contributed by atoms with Crippen molar-refractivity contribution in [3.63, 3.8) is 0 Å². The molecule has 1 fully saturated rings. The Morgan fingerprint density at radius 1 is 0.762 bits per heavy atom. The van der Waals surface area contributed by atoms with Crippen LogP contribution in [-0.2, 0) is 0 Å². The summed E-state index contributed by atoms with van der Waals surface area (Å²) in [5, 5.41) is 0. The van der Waals surface area contributed by atoms with E-state index >= 15 is 0 Å². The predicted molar refractivity (Wildman–Crippen MR) is 96.7 cm³/mol. The third-order valence-corrected chi connectivity index (χ3v) is 3.08. The van der Waals surface area contributed by atoms with Gasteiger partial charge in [0.15, 0.2) is 0 Å². The summed E-state index contributed by atoms with van der Waals surface area (Å²) in [5.74, 6) is 0. The van der Waals surface area contributed by atoms with Crippen LogP contribution in [0.3, 0.4) is 0 Å². The highest BCUT2D eigenvalue weighted by Crippen LogP contribution is 2.29. The number of rotatable bonds is 1. The van der Waals surface area contributed by atoms with Crippen molar-refractivity contribution in [2.24, 2.45) is 0 Å². The molecule has 0 bridgehead atoms. The highest BCUT2D eigenvalue weighted by molar-refractivity contribution is 5.36. The second kappa shape index (κ2) is 12.9. The van der Waals surface area contributed by atoms with Crippen LogP contribution in [0.1, 0.15) is 33.6 Å². The van der Waals surface area contributed by atoms with Gasteiger partial charge in [0.2, 0.25) is 0 Å². The maximum Gasteiger partial charge on any atom is -0.0273 e. The SMILES string of the molecule is C.C=C/C=C1/CCC/C1=C/C.c1ccccccccc1. The van der Waals surface area contributed by atoms with Crippen molar-refractivity contribution in [2.75, 3.05) is 0 Å². The summed E-state index contributed by atoms with van der Waals surface area (Å²) >= 11 is 0. The maximum absolute atomic E-state index is 3.69. The molecule has 1 aromatic rings. The zero-order valence-electron chi connectivity index (χ0n) is 12.3. The first-order chi connectivity index (χ1) is 9.88. The van der Waals surface area contributed by atoms with Crippen LogP contribution < -0.4 is 0 Å². The first-order valence-electron chi connectivity index (χ1n) is 7.19. The normalized spacial score (nSPS) is 16.2. The molecule has 0 nitrogen and oxygen atoms in total. The molecule has 0 amide bonds. The van der Waals surface area contributed by atoms with E-state index in [1.165, 1.54) is 30.4 Å². The molecule has 1 aliphatic rings. The lowest BCUT2D eigenvalue weighted by molar-refractivity contribution is 0.932. The third kappa shape index (κ3) is 8.65. The standard InChI is InChI=1S/C10H14.C10H10.CH4/c1-3-6-10-8-5-7-9(10)4-2;1-2-4-6-8-10-9-7-5-3-1;/h3-4,6H,1,5,7-8H2,2H3;1-10H;1H4/b9-4-,10-6-;;. The molecule has 0 spiro atoms. The van der Waals surface area contributed by atoms with E-state index < -0.39 is 0 Å². The molecule has 21 heavy (non-hydrogen) atoms. The molecule has 0 aromatic heterocycles. The highest BCUT2D eigenvalue weighted by atomic mass is 14.2. The quantitative estimate of drug-likeness (QED) is 0.538. The summed E-state index contributed by atoms with van der Waals surface area (Å²) in [7, 11) is 0. The summed E-state index contributed by atoms with van der Waals surface area (Å²) < 4.78 is 0. The Labute approximate surface area is 130 Å². The topological polar surface area (TPSA) is 0 Å². The van der Waals surface area contributed by atoms with E-state index in [0.717, 1.165) is 0 Å². The van der Waals surface area contributed by atoms with Crippen molar-refractivity contribution < 1.29 is 0 Å². The fourth-order valence-corrected chi connectivity index (χ4v) is 2.09. The molecule has 1 saturated carbocycles. The van der Waals surface area contributed by atoms with Gasteiger partial charge in [-0.25, -0.2) is 0 Å². The van der Waals surface area contributed by atoms with Crippen molar-refractivity contribution in [1.29, 1.82) is 0 Å². The molecule has 1 aromatic carbocycles. The molecule has 0 unspecified atom stereocenters. The second-order valence-corrected chi connectivity index (χ2v) is 4.52. The van der Waals surface area contributed by atoms with Crippen molar-refractivity contribution in [1.82, 2.24) is 0 Å². The molecule has 0 radical (unpaired) electrons. The van der Waals surface area contributed by atoms with Gasteiger partial charge in [0.05, 0.1) is 0 Å². The Kier molecular flexibility index (Phi) is 11.6. The van der Waals surface area contributed by atoms with E-state index in [0.29, 0.717) is 0 Å². The largest absolute Gasteiger partial charge is 0.0991 e.